The topological polar surface area (TPSA) is 109 Å². The number of phenols is 1. The Hall–Kier alpha value is -2.97. The number of ether oxygens (including phenoxy) is 3. The summed E-state index contributed by atoms with van der Waals surface area (Å²) in [6.45, 7) is 2.94. The van der Waals surface area contributed by atoms with Gasteiger partial charge < -0.3 is 35.1 Å². The van der Waals surface area contributed by atoms with Gasteiger partial charge in [0.15, 0.2) is 23.9 Å². The quantitative estimate of drug-likeness (QED) is 0.464. The Kier molecular flexibility index (Phi) is 7.02. The lowest BCUT2D eigenvalue weighted by molar-refractivity contribution is -0.118. The Morgan fingerprint density at radius 2 is 2.00 bits per heavy atom. The van der Waals surface area contributed by atoms with Crippen molar-refractivity contribution in [3.8, 4) is 23.0 Å². The Labute approximate surface area is 175 Å². The molecule has 0 saturated carbocycles. The standard InChI is InChI=1S/C22H28N2O6/c1-13(9-14-5-4-6-18(28-2)21(14)29-3)10-23-11-17(26)15-7-8-16(25)20-22(15)30-12-19(27)24-20/h4-8,13,17,23,25-26H,9-12H2,1-3H3,(H,24,27). The predicted molar refractivity (Wildman–Crippen MR) is 112 cm³/mol. The first kappa shape index (κ1) is 21.7. The summed E-state index contributed by atoms with van der Waals surface area (Å²) in [6.07, 6.45) is -0.0689. The molecule has 2 aromatic rings. The minimum Gasteiger partial charge on any atom is -0.506 e. The lowest BCUT2D eigenvalue weighted by Gasteiger charge is -2.24. The van der Waals surface area contributed by atoms with Gasteiger partial charge in [0.2, 0.25) is 0 Å². The fourth-order valence-corrected chi connectivity index (χ4v) is 3.58. The van der Waals surface area contributed by atoms with Crippen molar-refractivity contribution in [1.29, 1.82) is 0 Å². The van der Waals surface area contributed by atoms with Crippen LogP contribution in [0.25, 0.3) is 0 Å². The molecule has 8 heteroatoms. The molecule has 4 N–H and O–H groups in total. The van der Waals surface area contributed by atoms with Crippen molar-refractivity contribution in [1.82, 2.24) is 5.32 Å². The second kappa shape index (κ2) is 9.69. The number of hydrogen-bond donors (Lipinski definition) is 4. The van der Waals surface area contributed by atoms with E-state index in [-0.39, 0.29) is 29.9 Å². The predicted octanol–water partition coefficient (Wildman–Crippen LogP) is 2.24. The summed E-state index contributed by atoms with van der Waals surface area (Å²) in [5.74, 6) is 1.59. The first-order chi connectivity index (χ1) is 14.4. The average Bonchev–Trinajstić information content (AvgIpc) is 2.74. The van der Waals surface area contributed by atoms with Crippen molar-refractivity contribution in [3.05, 3.63) is 41.5 Å². The molecular weight excluding hydrogens is 388 g/mol. The molecule has 3 rings (SSSR count). The summed E-state index contributed by atoms with van der Waals surface area (Å²) < 4.78 is 16.3. The molecule has 1 heterocycles. The third-order valence-corrected chi connectivity index (χ3v) is 5.02. The molecule has 0 bridgehead atoms. The molecule has 2 unspecified atom stereocenters. The van der Waals surface area contributed by atoms with E-state index in [0.29, 0.717) is 30.2 Å². The molecular formula is C22H28N2O6. The highest BCUT2D eigenvalue weighted by Crippen LogP contribution is 2.41. The van der Waals surface area contributed by atoms with Crippen LogP contribution in [0.5, 0.6) is 23.0 Å². The number of carbonyl (C=O) groups excluding carboxylic acids is 1. The summed E-state index contributed by atoms with van der Waals surface area (Å²) >= 11 is 0. The van der Waals surface area contributed by atoms with Gasteiger partial charge in [-0.05, 0) is 42.6 Å². The summed E-state index contributed by atoms with van der Waals surface area (Å²) in [4.78, 5) is 11.5. The number of aromatic hydroxyl groups is 1. The molecule has 2 atom stereocenters. The maximum absolute atomic E-state index is 11.5. The fraction of sp³-hybridized carbons (Fsp3) is 0.409. The molecule has 1 aliphatic rings. The molecule has 1 aliphatic heterocycles. The van der Waals surface area contributed by atoms with Crippen LogP contribution in [0.3, 0.4) is 0 Å². The zero-order valence-corrected chi connectivity index (χ0v) is 17.4. The number of aliphatic hydroxyl groups excluding tert-OH is 1. The highest BCUT2D eigenvalue weighted by Gasteiger charge is 2.25. The van der Waals surface area contributed by atoms with Gasteiger partial charge in [0.1, 0.15) is 11.4 Å². The molecule has 8 nitrogen and oxygen atoms in total. The third kappa shape index (κ3) is 4.77. The highest BCUT2D eigenvalue weighted by atomic mass is 16.5. The average molecular weight is 416 g/mol. The second-order valence-electron chi connectivity index (χ2n) is 7.35. The summed E-state index contributed by atoms with van der Waals surface area (Å²) in [5.41, 5.74) is 1.77. The van der Waals surface area contributed by atoms with Gasteiger partial charge in [-0.1, -0.05) is 19.1 Å². The van der Waals surface area contributed by atoms with Gasteiger partial charge in [-0.25, -0.2) is 0 Å². The Morgan fingerprint density at radius 1 is 1.20 bits per heavy atom. The lowest BCUT2D eigenvalue weighted by atomic mass is 9.99. The van der Waals surface area contributed by atoms with Crippen molar-refractivity contribution in [3.63, 3.8) is 0 Å². The molecule has 1 amide bonds. The Bertz CT molecular complexity index is 901. The molecule has 0 radical (unpaired) electrons. The van der Waals surface area contributed by atoms with E-state index in [4.69, 9.17) is 14.2 Å². The number of rotatable bonds is 9. The minimum absolute atomic E-state index is 0.0946. The van der Waals surface area contributed by atoms with E-state index in [1.165, 1.54) is 6.07 Å². The van der Waals surface area contributed by atoms with E-state index in [2.05, 4.69) is 17.6 Å². The summed E-state index contributed by atoms with van der Waals surface area (Å²) in [6, 6.07) is 8.85. The second-order valence-corrected chi connectivity index (χ2v) is 7.35. The van der Waals surface area contributed by atoms with Crippen LogP contribution in [0.4, 0.5) is 5.69 Å². The van der Waals surface area contributed by atoms with Gasteiger partial charge >= 0.3 is 0 Å². The molecule has 0 fully saturated rings. The lowest BCUT2D eigenvalue weighted by Crippen LogP contribution is -2.29. The van der Waals surface area contributed by atoms with Gasteiger partial charge in [0.25, 0.3) is 5.91 Å². The Morgan fingerprint density at radius 3 is 2.73 bits per heavy atom. The fourth-order valence-electron chi connectivity index (χ4n) is 3.58. The van der Waals surface area contributed by atoms with Crippen LogP contribution in [-0.2, 0) is 11.2 Å². The number of phenolic OH excluding ortho intramolecular Hbond substituents is 1. The largest absolute Gasteiger partial charge is 0.506 e. The van der Waals surface area contributed by atoms with E-state index in [0.717, 1.165) is 17.7 Å². The molecule has 0 aliphatic carbocycles. The minimum atomic E-state index is -0.854. The number of anilines is 1. The maximum atomic E-state index is 11.5. The molecule has 0 saturated heterocycles. The normalized spacial score (nSPS) is 14.9. The number of aliphatic hydroxyl groups is 1. The zero-order valence-electron chi connectivity index (χ0n) is 17.4. The smallest absolute Gasteiger partial charge is 0.262 e. The SMILES string of the molecule is COc1cccc(CC(C)CNCC(O)c2ccc(O)c3c2OCC(=O)N3)c1OC. The number of methoxy groups -OCH3 is 2. The van der Waals surface area contributed by atoms with Crippen LogP contribution in [-0.4, -0.2) is 50.0 Å². The summed E-state index contributed by atoms with van der Waals surface area (Å²) in [7, 11) is 3.24. The number of para-hydroxylation sites is 1. The van der Waals surface area contributed by atoms with Gasteiger partial charge in [-0.2, -0.15) is 0 Å². The number of hydrogen-bond acceptors (Lipinski definition) is 7. The Balaban J connectivity index is 1.58. The van der Waals surface area contributed by atoms with Crippen LogP contribution in [0.2, 0.25) is 0 Å². The molecule has 0 spiro atoms. The first-order valence-electron chi connectivity index (χ1n) is 9.81. The van der Waals surface area contributed by atoms with E-state index >= 15 is 0 Å². The monoisotopic (exact) mass is 416 g/mol. The van der Waals surface area contributed by atoms with Gasteiger partial charge in [-0.3, -0.25) is 4.79 Å². The van der Waals surface area contributed by atoms with Crippen LogP contribution >= 0.6 is 0 Å². The van der Waals surface area contributed by atoms with Crippen molar-refractivity contribution in [2.45, 2.75) is 19.4 Å². The van der Waals surface area contributed by atoms with Crippen LogP contribution in [0, 0.1) is 5.92 Å². The molecule has 30 heavy (non-hydrogen) atoms. The molecule has 0 aromatic heterocycles. The van der Waals surface area contributed by atoms with Crippen molar-refractivity contribution in [2.24, 2.45) is 5.92 Å². The maximum Gasteiger partial charge on any atom is 0.262 e. The van der Waals surface area contributed by atoms with Crippen LogP contribution < -0.4 is 24.8 Å². The van der Waals surface area contributed by atoms with Crippen molar-refractivity contribution in [2.75, 3.05) is 39.2 Å². The van der Waals surface area contributed by atoms with Gasteiger partial charge in [0.05, 0.1) is 20.3 Å². The third-order valence-electron chi connectivity index (χ3n) is 5.02. The number of nitrogens with one attached hydrogen (secondary N) is 2. The number of carbonyl (C=O) groups is 1. The first-order valence-corrected chi connectivity index (χ1v) is 9.81. The molecule has 2 aromatic carbocycles. The van der Waals surface area contributed by atoms with Gasteiger partial charge in [0, 0.05) is 12.1 Å². The zero-order chi connectivity index (χ0) is 21.7. The van der Waals surface area contributed by atoms with Crippen molar-refractivity contribution >= 4 is 11.6 Å². The van der Waals surface area contributed by atoms with Crippen LogP contribution in [0.15, 0.2) is 30.3 Å². The van der Waals surface area contributed by atoms with Crippen molar-refractivity contribution < 1.29 is 29.2 Å². The van der Waals surface area contributed by atoms with E-state index in [1.54, 1.807) is 20.3 Å². The van der Waals surface area contributed by atoms with Crippen LogP contribution in [0.1, 0.15) is 24.2 Å². The molecule has 162 valence electrons. The number of benzene rings is 2. The number of amides is 1. The van der Waals surface area contributed by atoms with Gasteiger partial charge in [-0.15, -0.1) is 0 Å². The van der Waals surface area contributed by atoms with E-state index in [9.17, 15) is 15.0 Å². The summed E-state index contributed by atoms with van der Waals surface area (Å²) in [5, 5.41) is 26.4. The van der Waals surface area contributed by atoms with E-state index < -0.39 is 6.10 Å². The highest BCUT2D eigenvalue weighted by molar-refractivity contribution is 5.97. The van der Waals surface area contributed by atoms with E-state index in [1.807, 2.05) is 18.2 Å². The number of fused-ring (bicyclic) bond motifs is 1.